The van der Waals surface area contributed by atoms with Gasteiger partial charge in [-0.15, -0.1) is 0 Å². The molecule has 0 N–H and O–H groups in total. The van der Waals surface area contributed by atoms with Gasteiger partial charge < -0.3 is 14.2 Å². The van der Waals surface area contributed by atoms with Gasteiger partial charge in [0.15, 0.2) is 6.10 Å². The van der Waals surface area contributed by atoms with Gasteiger partial charge in [-0.3, -0.25) is 14.4 Å². The van der Waals surface area contributed by atoms with Gasteiger partial charge in [0.05, 0.1) is 0 Å². The zero-order chi connectivity index (χ0) is 55.5. The first kappa shape index (κ1) is 74.4. The third-order valence-electron chi connectivity index (χ3n) is 16.9. The van der Waals surface area contributed by atoms with Gasteiger partial charge in [0, 0.05) is 19.3 Å². The van der Waals surface area contributed by atoms with E-state index in [1.807, 2.05) is 0 Å². The molecule has 0 aromatic rings. The zero-order valence-electron chi connectivity index (χ0n) is 52.6. The van der Waals surface area contributed by atoms with Crippen molar-refractivity contribution in [3.63, 3.8) is 0 Å². The van der Waals surface area contributed by atoms with E-state index in [0.29, 0.717) is 19.3 Å². The van der Waals surface area contributed by atoms with Crippen LogP contribution in [0.15, 0.2) is 0 Å². The Labute approximate surface area is 476 Å². The maximum absolute atomic E-state index is 13.0. The summed E-state index contributed by atoms with van der Waals surface area (Å²) in [5.74, 6) is 1.82. The highest BCUT2D eigenvalue weighted by Crippen LogP contribution is 2.20. The van der Waals surface area contributed by atoms with Crippen molar-refractivity contribution in [2.45, 2.75) is 401 Å². The summed E-state index contributed by atoms with van der Waals surface area (Å²) in [7, 11) is 0. The molecule has 0 heterocycles. The van der Waals surface area contributed by atoms with Gasteiger partial charge in [-0.1, -0.05) is 356 Å². The minimum absolute atomic E-state index is 0.0620. The molecule has 0 amide bonds. The topological polar surface area (TPSA) is 78.9 Å². The molecular weight excluding hydrogens is 937 g/mol. The Kier molecular flexibility index (Phi) is 59.8. The highest BCUT2D eigenvalue weighted by molar-refractivity contribution is 5.71. The van der Waals surface area contributed by atoms with E-state index >= 15 is 0 Å². The minimum atomic E-state index is -0.765. The fraction of sp³-hybridized carbons (Fsp3) is 0.957. The summed E-state index contributed by atoms with van der Waals surface area (Å²) >= 11 is 0. The van der Waals surface area contributed by atoms with Crippen LogP contribution in [-0.2, 0) is 28.6 Å². The molecule has 0 saturated heterocycles. The Hall–Kier alpha value is -1.59. The maximum Gasteiger partial charge on any atom is 0.306 e. The highest BCUT2D eigenvalue weighted by atomic mass is 16.6. The SMILES string of the molecule is CCC(C)CCCCCCCCCCCCCCCCCCCCC(=O)O[C@@H](COC(=O)CCCCCCCCCCCCCCCCCC(C)C)COC(=O)CCCCCCCCCCCCCCCCC(C)CC. The Morgan fingerprint density at radius 1 is 0.263 bits per heavy atom. The number of carbonyl (C=O) groups is 3. The first-order chi connectivity index (χ1) is 37.2. The molecular formula is C70H136O6. The quantitative estimate of drug-likeness (QED) is 0.0343. The van der Waals surface area contributed by atoms with Crippen LogP contribution in [0.3, 0.4) is 0 Å². The highest BCUT2D eigenvalue weighted by Gasteiger charge is 2.20. The summed E-state index contributed by atoms with van der Waals surface area (Å²) in [6.45, 7) is 13.9. The summed E-state index contributed by atoms with van der Waals surface area (Å²) in [6.07, 6.45) is 68.1. The molecule has 6 heteroatoms. The molecule has 76 heavy (non-hydrogen) atoms. The summed E-state index contributed by atoms with van der Waals surface area (Å²) < 4.78 is 17.0. The van der Waals surface area contributed by atoms with Crippen LogP contribution in [0.1, 0.15) is 395 Å². The molecule has 0 radical (unpaired) electrons. The van der Waals surface area contributed by atoms with E-state index in [0.717, 1.165) is 75.5 Å². The van der Waals surface area contributed by atoms with Gasteiger partial charge in [0.2, 0.25) is 0 Å². The monoisotopic (exact) mass is 1070 g/mol. The maximum atomic E-state index is 13.0. The molecule has 0 aromatic carbocycles. The fourth-order valence-corrected chi connectivity index (χ4v) is 10.9. The van der Waals surface area contributed by atoms with Crippen LogP contribution in [0, 0.1) is 17.8 Å². The van der Waals surface area contributed by atoms with Gasteiger partial charge in [0.25, 0.3) is 0 Å². The van der Waals surface area contributed by atoms with Gasteiger partial charge in [0.1, 0.15) is 13.2 Å². The number of hydrogen-bond acceptors (Lipinski definition) is 6. The van der Waals surface area contributed by atoms with Crippen molar-refractivity contribution in [2.75, 3.05) is 13.2 Å². The number of rotatable bonds is 63. The predicted octanol–water partition coefficient (Wildman–Crippen LogP) is 23.4. The van der Waals surface area contributed by atoms with E-state index < -0.39 is 6.10 Å². The first-order valence-corrected chi connectivity index (χ1v) is 34.7. The average Bonchev–Trinajstić information content (AvgIpc) is 3.41. The Balaban J connectivity index is 4.29. The third-order valence-corrected chi connectivity index (χ3v) is 16.9. The smallest absolute Gasteiger partial charge is 0.306 e. The zero-order valence-corrected chi connectivity index (χ0v) is 52.6. The molecule has 0 aromatic heterocycles. The van der Waals surface area contributed by atoms with Crippen molar-refractivity contribution in [3.05, 3.63) is 0 Å². The van der Waals surface area contributed by atoms with Crippen molar-refractivity contribution in [1.29, 1.82) is 0 Å². The van der Waals surface area contributed by atoms with E-state index in [2.05, 4.69) is 41.5 Å². The predicted molar refractivity (Wildman–Crippen MR) is 330 cm³/mol. The van der Waals surface area contributed by atoms with Gasteiger partial charge >= 0.3 is 17.9 Å². The number of unbranched alkanes of at least 4 members (excludes halogenated alkanes) is 44. The molecule has 6 nitrogen and oxygen atoms in total. The average molecular weight is 1070 g/mol. The fourth-order valence-electron chi connectivity index (χ4n) is 10.9. The summed E-state index contributed by atoms with van der Waals surface area (Å²) in [6, 6.07) is 0. The van der Waals surface area contributed by atoms with Crippen molar-refractivity contribution in [1.82, 2.24) is 0 Å². The number of hydrogen-bond donors (Lipinski definition) is 0. The van der Waals surface area contributed by atoms with Gasteiger partial charge in [-0.05, 0) is 37.0 Å². The largest absolute Gasteiger partial charge is 0.462 e. The van der Waals surface area contributed by atoms with Crippen LogP contribution in [0.2, 0.25) is 0 Å². The number of esters is 3. The second-order valence-corrected chi connectivity index (χ2v) is 25.1. The van der Waals surface area contributed by atoms with E-state index in [9.17, 15) is 14.4 Å². The number of ether oxygens (including phenoxy) is 3. The van der Waals surface area contributed by atoms with E-state index in [4.69, 9.17) is 14.2 Å². The molecule has 0 aliphatic rings. The van der Waals surface area contributed by atoms with Crippen LogP contribution in [0.4, 0.5) is 0 Å². The molecule has 0 bridgehead atoms. The molecule has 0 rings (SSSR count). The van der Waals surface area contributed by atoms with Crippen molar-refractivity contribution < 1.29 is 28.6 Å². The molecule has 0 spiro atoms. The lowest BCUT2D eigenvalue weighted by atomic mass is 9.99. The molecule has 0 saturated carbocycles. The van der Waals surface area contributed by atoms with Crippen LogP contribution in [0.5, 0.6) is 0 Å². The Morgan fingerprint density at radius 3 is 0.684 bits per heavy atom. The van der Waals surface area contributed by atoms with Crippen molar-refractivity contribution in [3.8, 4) is 0 Å². The lowest BCUT2D eigenvalue weighted by molar-refractivity contribution is -0.167. The second-order valence-electron chi connectivity index (χ2n) is 25.1. The lowest BCUT2D eigenvalue weighted by Gasteiger charge is -2.18. The second kappa shape index (κ2) is 61.0. The summed E-state index contributed by atoms with van der Waals surface area (Å²) in [5.41, 5.74) is 0. The van der Waals surface area contributed by atoms with Crippen LogP contribution in [0.25, 0.3) is 0 Å². The number of carbonyl (C=O) groups excluding carboxylic acids is 3. The molecule has 0 aliphatic heterocycles. The minimum Gasteiger partial charge on any atom is -0.462 e. The van der Waals surface area contributed by atoms with Crippen molar-refractivity contribution >= 4 is 17.9 Å². The Morgan fingerprint density at radius 2 is 0.461 bits per heavy atom. The van der Waals surface area contributed by atoms with E-state index in [-0.39, 0.29) is 31.1 Å². The van der Waals surface area contributed by atoms with Crippen LogP contribution >= 0.6 is 0 Å². The van der Waals surface area contributed by atoms with E-state index in [1.165, 1.54) is 276 Å². The normalized spacial score (nSPS) is 12.8. The third kappa shape index (κ3) is 60.1. The first-order valence-electron chi connectivity index (χ1n) is 34.7. The van der Waals surface area contributed by atoms with Crippen molar-refractivity contribution in [2.24, 2.45) is 17.8 Å². The summed E-state index contributed by atoms with van der Waals surface area (Å²) in [4.78, 5) is 38.4. The molecule has 2 unspecified atom stereocenters. The molecule has 0 fully saturated rings. The lowest BCUT2D eigenvalue weighted by Crippen LogP contribution is -2.30. The molecule has 452 valence electrons. The molecule has 3 atom stereocenters. The Bertz CT molecular complexity index is 1180. The van der Waals surface area contributed by atoms with Gasteiger partial charge in [-0.25, -0.2) is 0 Å². The van der Waals surface area contributed by atoms with Gasteiger partial charge in [-0.2, -0.15) is 0 Å². The summed E-state index contributed by atoms with van der Waals surface area (Å²) in [5, 5.41) is 0. The standard InChI is InChI=1S/C70H136O6/c1-7-65(5)57-51-45-39-33-27-21-15-11-9-10-12-16-25-31-37-43-49-55-61-70(73)76-67(62-74-68(71)59-53-47-41-35-29-23-17-13-14-20-26-32-38-44-50-56-64(3)4)63-75-69(72)60-54-48-42-36-30-24-19-18-22-28-34-40-46-52-58-66(6)8-2/h64-67H,7-63H2,1-6H3/t65?,66?,67-/m0/s1. The van der Waals surface area contributed by atoms with E-state index in [1.54, 1.807) is 0 Å². The molecule has 0 aliphatic carbocycles. The van der Waals surface area contributed by atoms with Crippen LogP contribution < -0.4 is 0 Å². The van der Waals surface area contributed by atoms with Crippen LogP contribution in [-0.4, -0.2) is 37.2 Å².